The molecule has 1 aromatic rings. The topological polar surface area (TPSA) is 52.3 Å². The largest absolute Gasteiger partial charge is 0.468 e. The molecule has 0 aromatic heterocycles. The number of carbonyl (C=O) groups excluding carboxylic acids is 1. The van der Waals surface area contributed by atoms with Crippen LogP contribution in [0.5, 0.6) is 0 Å². The van der Waals surface area contributed by atoms with E-state index in [4.69, 9.17) is 5.73 Å². The van der Waals surface area contributed by atoms with Crippen LogP contribution in [0.15, 0.2) is 18.2 Å². The Morgan fingerprint density at radius 2 is 2.06 bits per heavy atom. The molecule has 0 aliphatic carbocycles. The Kier molecular flexibility index (Phi) is 6.08. The first kappa shape index (κ1) is 14.9. The minimum atomic E-state index is -0.573. The first-order chi connectivity index (χ1) is 7.04. The number of hydrogen-bond acceptors (Lipinski definition) is 3. The van der Waals surface area contributed by atoms with Crippen molar-refractivity contribution >= 4 is 18.4 Å². The Balaban J connectivity index is 0.00000225. The molecule has 0 saturated heterocycles. The van der Waals surface area contributed by atoms with Gasteiger partial charge in [0.05, 0.1) is 7.11 Å². The summed E-state index contributed by atoms with van der Waals surface area (Å²) in [6.45, 7) is 4.06. The molecule has 1 aromatic carbocycles. The molecule has 0 unspecified atom stereocenters. The van der Waals surface area contributed by atoms with Crippen LogP contribution in [-0.4, -0.2) is 19.1 Å². The van der Waals surface area contributed by atoms with E-state index in [1.54, 1.807) is 0 Å². The predicted molar refractivity (Wildman–Crippen MR) is 66.9 cm³/mol. The number of nitrogens with two attached hydrogens (primary N) is 1. The molecule has 0 spiro atoms. The molecule has 0 amide bonds. The van der Waals surface area contributed by atoms with Crippen LogP contribution in [0.4, 0.5) is 0 Å². The fraction of sp³-hybridized carbons (Fsp3) is 0.417. The van der Waals surface area contributed by atoms with Crippen molar-refractivity contribution in [1.82, 2.24) is 0 Å². The molecule has 3 nitrogen and oxygen atoms in total. The van der Waals surface area contributed by atoms with Gasteiger partial charge in [-0.1, -0.05) is 23.8 Å². The lowest BCUT2D eigenvalue weighted by atomic mass is 10.00. The molecule has 0 fully saturated rings. The fourth-order valence-corrected chi connectivity index (χ4v) is 1.55. The van der Waals surface area contributed by atoms with Gasteiger partial charge in [-0.25, -0.2) is 0 Å². The molecule has 0 saturated carbocycles. The van der Waals surface area contributed by atoms with E-state index in [2.05, 4.69) is 10.8 Å². The van der Waals surface area contributed by atoms with Gasteiger partial charge >= 0.3 is 5.97 Å². The number of halogens is 1. The minimum Gasteiger partial charge on any atom is -0.468 e. The number of carbonyl (C=O) groups is 1. The van der Waals surface area contributed by atoms with Gasteiger partial charge in [0.2, 0.25) is 0 Å². The number of ether oxygens (including phenoxy) is 1. The Labute approximate surface area is 102 Å². The maximum Gasteiger partial charge on any atom is 0.322 e. The zero-order valence-corrected chi connectivity index (χ0v) is 10.6. The molecule has 0 radical (unpaired) electrons. The Morgan fingerprint density at radius 1 is 1.44 bits per heavy atom. The lowest BCUT2D eigenvalue weighted by Crippen LogP contribution is -2.33. The Hall–Kier alpha value is -1.06. The molecule has 2 N–H and O–H groups in total. The molecule has 4 heteroatoms. The van der Waals surface area contributed by atoms with Crippen molar-refractivity contribution in [2.24, 2.45) is 5.73 Å². The zero-order valence-electron chi connectivity index (χ0n) is 9.82. The fourth-order valence-electron chi connectivity index (χ4n) is 1.55. The maximum absolute atomic E-state index is 11.1. The standard InChI is InChI=1S/C12H17NO2.ClH/c1-8-4-5-10(9(2)6-8)7-11(13)12(14)15-3;/h4-6,11H,7,13H2,1-3H3;1H/t11-;/m0./s1. The number of aryl methyl sites for hydroxylation is 2. The number of benzene rings is 1. The quantitative estimate of drug-likeness (QED) is 0.824. The summed E-state index contributed by atoms with van der Waals surface area (Å²) in [5, 5.41) is 0. The van der Waals surface area contributed by atoms with E-state index in [9.17, 15) is 4.79 Å². The van der Waals surface area contributed by atoms with Crippen LogP contribution in [-0.2, 0) is 16.0 Å². The van der Waals surface area contributed by atoms with Crippen molar-refractivity contribution in [3.05, 3.63) is 34.9 Å². The zero-order chi connectivity index (χ0) is 11.4. The molecule has 1 atom stereocenters. The third-order valence-corrected chi connectivity index (χ3v) is 2.44. The summed E-state index contributed by atoms with van der Waals surface area (Å²) in [6, 6.07) is 5.54. The average Bonchev–Trinajstić information content (AvgIpc) is 2.20. The number of rotatable bonds is 3. The molecule has 0 aliphatic rings. The molecule has 90 valence electrons. The van der Waals surface area contributed by atoms with Crippen LogP contribution >= 0.6 is 12.4 Å². The highest BCUT2D eigenvalue weighted by molar-refractivity contribution is 5.85. The number of esters is 1. The second-order valence-electron chi connectivity index (χ2n) is 3.76. The van der Waals surface area contributed by atoms with Gasteiger partial charge < -0.3 is 10.5 Å². The van der Waals surface area contributed by atoms with Gasteiger partial charge in [-0.3, -0.25) is 4.79 Å². The normalized spacial score (nSPS) is 11.5. The Morgan fingerprint density at radius 3 is 2.56 bits per heavy atom. The Bertz CT molecular complexity index is 366. The van der Waals surface area contributed by atoms with Gasteiger partial charge in [-0.05, 0) is 31.4 Å². The van der Waals surface area contributed by atoms with Gasteiger partial charge in [0, 0.05) is 0 Å². The summed E-state index contributed by atoms with van der Waals surface area (Å²) in [4.78, 5) is 11.1. The van der Waals surface area contributed by atoms with Gasteiger partial charge in [-0.2, -0.15) is 0 Å². The van der Waals surface area contributed by atoms with Crippen molar-refractivity contribution in [3.63, 3.8) is 0 Å². The molecule has 0 heterocycles. The van der Waals surface area contributed by atoms with Crippen molar-refractivity contribution in [3.8, 4) is 0 Å². The monoisotopic (exact) mass is 243 g/mol. The van der Waals surface area contributed by atoms with E-state index in [0.29, 0.717) is 6.42 Å². The highest BCUT2D eigenvalue weighted by Crippen LogP contribution is 2.12. The van der Waals surface area contributed by atoms with Crippen LogP contribution in [0.25, 0.3) is 0 Å². The lowest BCUT2D eigenvalue weighted by Gasteiger charge is -2.11. The van der Waals surface area contributed by atoms with Gasteiger partial charge in [0.1, 0.15) is 6.04 Å². The smallest absolute Gasteiger partial charge is 0.322 e. The average molecular weight is 244 g/mol. The van der Waals surface area contributed by atoms with Gasteiger partial charge in [0.15, 0.2) is 0 Å². The van der Waals surface area contributed by atoms with Crippen LogP contribution in [0.1, 0.15) is 16.7 Å². The summed E-state index contributed by atoms with van der Waals surface area (Å²) in [5.74, 6) is -0.366. The second kappa shape index (κ2) is 6.51. The summed E-state index contributed by atoms with van der Waals surface area (Å²) in [5.41, 5.74) is 9.16. The van der Waals surface area contributed by atoms with Gasteiger partial charge in [0.25, 0.3) is 0 Å². The SMILES string of the molecule is COC(=O)[C@@H](N)Cc1ccc(C)cc1C.Cl. The first-order valence-corrected chi connectivity index (χ1v) is 4.94. The maximum atomic E-state index is 11.1. The molecule has 0 aliphatic heterocycles. The van der Waals surface area contributed by atoms with Crippen molar-refractivity contribution in [2.75, 3.05) is 7.11 Å². The van der Waals surface area contributed by atoms with Crippen LogP contribution < -0.4 is 5.73 Å². The summed E-state index contributed by atoms with van der Waals surface area (Å²) in [6.07, 6.45) is 0.527. The lowest BCUT2D eigenvalue weighted by molar-refractivity contribution is -0.142. The number of hydrogen-bond donors (Lipinski definition) is 1. The third kappa shape index (κ3) is 3.83. The van der Waals surface area contributed by atoms with Crippen molar-refractivity contribution in [2.45, 2.75) is 26.3 Å². The molecule has 1 rings (SSSR count). The van der Waals surface area contributed by atoms with Gasteiger partial charge in [-0.15, -0.1) is 12.4 Å². The predicted octanol–water partition coefficient (Wildman–Crippen LogP) is 1.77. The summed E-state index contributed by atoms with van der Waals surface area (Å²) >= 11 is 0. The van der Waals surface area contributed by atoms with Crippen LogP contribution in [0.2, 0.25) is 0 Å². The first-order valence-electron chi connectivity index (χ1n) is 4.94. The molecular formula is C12H18ClNO2. The van der Waals surface area contributed by atoms with E-state index in [1.807, 2.05) is 26.0 Å². The molecule has 16 heavy (non-hydrogen) atoms. The molecule has 0 bridgehead atoms. The van der Waals surface area contributed by atoms with E-state index < -0.39 is 6.04 Å². The highest BCUT2D eigenvalue weighted by atomic mass is 35.5. The van der Waals surface area contributed by atoms with Crippen LogP contribution in [0.3, 0.4) is 0 Å². The molecular weight excluding hydrogens is 226 g/mol. The second-order valence-corrected chi connectivity index (χ2v) is 3.76. The van der Waals surface area contributed by atoms with E-state index >= 15 is 0 Å². The summed E-state index contributed by atoms with van der Waals surface area (Å²) < 4.78 is 4.58. The van der Waals surface area contributed by atoms with E-state index in [-0.39, 0.29) is 18.4 Å². The van der Waals surface area contributed by atoms with Crippen molar-refractivity contribution in [1.29, 1.82) is 0 Å². The summed E-state index contributed by atoms with van der Waals surface area (Å²) in [7, 11) is 1.35. The van der Waals surface area contributed by atoms with Crippen LogP contribution in [0, 0.1) is 13.8 Å². The number of methoxy groups -OCH3 is 1. The third-order valence-electron chi connectivity index (χ3n) is 2.44. The van der Waals surface area contributed by atoms with Crippen molar-refractivity contribution < 1.29 is 9.53 Å². The van der Waals surface area contributed by atoms with E-state index in [0.717, 1.165) is 11.1 Å². The highest BCUT2D eigenvalue weighted by Gasteiger charge is 2.14. The van der Waals surface area contributed by atoms with E-state index in [1.165, 1.54) is 12.7 Å². The minimum absolute atomic E-state index is 0.